The summed E-state index contributed by atoms with van der Waals surface area (Å²) < 4.78 is 10.3. The van der Waals surface area contributed by atoms with Crippen LogP contribution in [0.2, 0.25) is 0 Å². The van der Waals surface area contributed by atoms with Gasteiger partial charge in [-0.1, -0.05) is 48.5 Å². The molecule has 0 radical (unpaired) electrons. The minimum absolute atomic E-state index is 0.141. The number of esters is 1. The molecule has 1 heterocycles. The summed E-state index contributed by atoms with van der Waals surface area (Å²) in [4.78, 5) is 39.5. The maximum atomic E-state index is 13.1. The third-order valence-electron chi connectivity index (χ3n) is 5.85. The molecule has 3 rings (SSSR count). The van der Waals surface area contributed by atoms with Gasteiger partial charge in [0.1, 0.15) is 18.7 Å². The number of methoxy groups -OCH3 is 1. The van der Waals surface area contributed by atoms with Crippen LogP contribution in [-0.4, -0.2) is 48.6 Å². The van der Waals surface area contributed by atoms with E-state index < -0.39 is 24.1 Å². The summed E-state index contributed by atoms with van der Waals surface area (Å²) in [7, 11) is 1.30. The summed E-state index contributed by atoms with van der Waals surface area (Å²) in [5.41, 5.74) is 3.95. The van der Waals surface area contributed by atoms with E-state index in [9.17, 15) is 14.4 Å². The highest BCUT2D eigenvalue weighted by molar-refractivity contribution is 5.90. The van der Waals surface area contributed by atoms with E-state index in [0.29, 0.717) is 25.8 Å². The van der Waals surface area contributed by atoms with Gasteiger partial charge < -0.3 is 14.8 Å². The predicted octanol–water partition coefficient (Wildman–Crippen LogP) is 3.30. The number of nitrogens with zero attached hydrogens (tertiary/aromatic N) is 1. The first-order valence-electron chi connectivity index (χ1n) is 10.8. The molecule has 2 aromatic rings. The Morgan fingerprint density at radius 3 is 2.41 bits per heavy atom. The van der Waals surface area contributed by atoms with Gasteiger partial charge in [-0.2, -0.15) is 0 Å². The third kappa shape index (κ3) is 5.66. The van der Waals surface area contributed by atoms with Crippen LogP contribution in [0.3, 0.4) is 0 Å². The fourth-order valence-corrected chi connectivity index (χ4v) is 4.04. The molecular weight excluding hydrogens is 408 g/mol. The van der Waals surface area contributed by atoms with Crippen molar-refractivity contribution < 1.29 is 23.9 Å². The molecule has 2 aromatic carbocycles. The zero-order valence-corrected chi connectivity index (χ0v) is 18.8. The monoisotopic (exact) mass is 438 g/mol. The number of hydrogen-bond donors (Lipinski definition) is 1. The normalized spacial score (nSPS) is 16.3. The fraction of sp³-hybridized carbons (Fsp3) is 0.400. The summed E-state index contributed by atoms with van der Waals surface area (Å²) in [6, 6.07) is 13.8. The van der Waals surface area contributed by atoms with Gasteiger partial charge in [0.05, 0.1) is 7.11 Å². The highest BCUT2D eigenvalue weighted by Gasteiger charge is 2.37. The summed E-state index contributed by atoms with van der Waals surface area (Å²) in [6.07, 6.45) is 1.00. The van der Waals surface area contributed by atoms with Crippen LogP contribution >= 0.6 is 0 Å². The summed E-state index contributed by atoms with van der Waals surface area (Å²) >= 11 is 0. The van der Waals surface area contributed by atoms with Gasteiger partial charge in [0.25, 0.3) is 0 Å². The smallest absolute Gasteiger partial charge is 0.410 e. The number of carbonyl (C=O) groups is 3. The molecule has 2 atom stereocenters. The Labute approximate surface area is 188 Å². The molecule has 32 heavy (non-hydrogen) atoms. The average molecular weight is 439 g/mol. The van der Waals surface area contributed by atoms with Gasteiger partial charge in [-0.3, -0.25) is 9.69 Å². The zero-order chi connectivity index (χ0) is 23.1. The van der Waals surface area contributed by atoms with Gasteiger partial charge in [-0.15, -0.1) is 0 Å². The van der Waals surface area contributed by atoms with Crippen molar-refractivity contribution in [3.8, 4) is 0 Å². The predicted molar refractivity (Wildman–Crippen MR) is 120 cm³/mol. The molecule has 7 nitrogen and oxygen atoms in total. The van der Waals surface area contributed by atoms with E-state index in [1.54, 1.807) is 0 Å². The molecule has 0 aliphatic carbocycles. The minimum atomic E-state index is -0.838. The molecule has 0 aromatic heterocycles. The van der Waals surface area contributed by atoms with Crippen molar-refractivity contribution in [1.29, 1.82) is 0 Å². The van der Waals surface area contributed by atoms with Gasteiger partial charge in [-0.05, 0) is 48.9 Å². The van der Waals surface area contributed by atoms with Gasteiger partial charge >= 0.3 is 12.1 Å². The number of benzene rings is 2. The number of aryl methyl sites for hydroxylation is 2. The Kier molecular flexibility index (Phi) is 7.87. The highest BCUT2D eigenvalue weighted by Crippen LogP contribution is 2.21. The number of rotatable bonds is 7. The van der Waals surface area contributed by atoms with Gasteiger partial charge in [0.15, 0.2) is 0 Å². The number of hydrogen-bond acceptors (Lipinski definition) is 5. The van der Waals surface area contributed by atoms with E-state index in [1.165, 1.54) is 12.0 Å². The molecule has 1 saturated heterocycles. The van der Waals surface area contributed by atoms with Gasteiger partial charge in [0.2, 0.25) is 5.91 Å². The summed E-state index contributed by atoms with van der Waals surface area (Å²) in [5, 5.41) is 2.81. The molecule has 0 bridgehead atoms. The second kappa shape index (κ2) is 10.8. The third-order valence-corrected chi connectivity index (χ3v) is 5.85. The Hall–Kier alpha value is -3.35. The van der Waals surface area contributed by atoms with Crippen LogP contribution in [0.4, 0.5) is 4.79 Å². The lowest BCUT2D eigenvalue weighted by atomic mass is 9.96. The van der Waals surface area contributed by atoms with Crippen molar-refractivity contribution in [2.75, 3.05) is 13.7 Å². The van der Waals surface area contributed by atoms with E-state index in [2.05, 4.69) is 5.32 Å². The van der Waals surface area contributed by atoms with E-state index in [4.69, 9.17) is 9.47 Å². The summed E-state index contributed by atoms with van der Waals surface area (Å²) in [6.45, 7) is 4.52. The average Bonchev–Trinajstić information content (AvgIpc) is 3.29. The van der Waals surface area contributed by atoms with Crippen molar-refractivity contribution >= 4 is 18.0 Å². The van der Waals surface area contributed by atoms with Crippen LogP contribution in [0.5, 0.6) is 0 Å². The quantitative estimate of drug-likeness (QED) is 0.671. The Balaban J connectivity index is 1.66. The SMILES string of the molecule is COC(=O)[C@@H](Cc1c(C)cccc1C)NC(=O)[C@H]1CCCN1C(=O)OCc1ccccc1. The Morgan fingerprint density at radius 1 is 1.06 bits per heavy atom. The van der Waals surface area contributed by atoms with Crippen LogP contribution < -0.4 is 5.32 Å². The molecule has 7 heteroatoms. The number of amides is 2. The number of nitrogens with one attached hydrogen (secondary N) is 1. The van der Waals surface area contributed by atoms with Gasteiger partial charge in [0, 0.05) is 13.0 Å². The first-order valence-corrected chi connectivity index (χ1v) is 10.8. The van der Waals surface area contributed by atoms with Crippen LogP contribution in [0.25, 0.3) is 0 Å². The molecule has 0 unspecified atom stereocenters. The first kappa shape index (κ1) is 23.3. The lowest BCUT2D eigenvalue weighted by Crippen LogP contribution is -2.52. The topological polar surface area (TPSA) is 84.9 Å². The van der Waals surface area contributed by atoms with E-state index >= 15 is 0 Å². The molecule has 1 fully saturated rings. The van der Waals surface area contributed by atoms with Crippen molar-refractivity contribution in [3.05, 3.63) is 70.8 Å². The van der Waals surface area contributed by atoms with Crippen LogP contribution in [0, 0.1) is 13.8 Å². The van der Waals surface area contributed by atoms with Crippen LogP contribution in [0.1, 0.15) is 35.1 Å². The lowest BCUT2D eigenvalue weighted by molar-refractivity contribution is -0.145. The highest BCUT2D eigenvalue weighted by atomic mass is 16.6. The minimum Gasteiger partial charge on any atom is -0.467 e. The number of carbonyl (C=O) groups excluding carboxylic acids is 3. The number of likely N-dealkylation sites (tertiary alicyclic amines) is 1. The molecule has 0 saturated carbocycles. The second-order valence-corrected chi connectivity index (χ2v) is 8.05. The first-order chi connectivity index (χ1) is 15.4. The van der Waals surface area contributed by atoms with E-state index in [-0.39, 0.29) is 12.5 Å². The Bertz CT molecular complexity index is 940. The van der Waals surface area contributed by atoms with E-state index in [1.807, 2.05) is 62.4 Å². The van der Waals surface area contributed by atoms with Crippen LogP contribution in [0.15, 0.2) is 48.5 Å². The van der Waals surface area contributed by atoms with Crippen molar-refractivity contribution in [3.63, 3.8) is 0 Å². The largest absolute Gasteiger partial charge is 0.467 e. The van der Waals surface area contributed by atoms with Crippen molar-refractivity contribution in [1.82, 2.24) is 10.2 Å². The zero-order valence-electron chi connectivity index (χ0n) is 18.8. The van der Waals surface area contributed by atoms with Crippen molar-refractivity contribution in [2.24, 2.45) is 0 Å². The molecule has 1 aliphatic rings. The van der Waals surface area contributed by atoms with Crippen molar-refractivity contribution in [2.45, 2.75) is 51.8 Å². The summed E-state index contributed by atoms with van der Waals surface area (Å²) in [5.74, 6) is -0.891. The fourth-order valence-electron chi connectivity index (χ4n) is 4.04. The molecule has 1 N–H and O–H groups in total. The van der Waals surface area contributed by atoms with E-state index in [0.717, 1.165) is 22.3 Å². The second-order valence-electron chi connectivity index (χ2n) is 8.05. The van der Waals surface area contributed by atoms with Gasteiger partial charge in [-0.25, -0.2) is 9.59 Å². The lowest BCUT2D eigenvalue weighted by Gasteiger charge is -2.26. The molecule has 2 amide bonds. The molecule has 170 valence electrons. The standard InChI is InChI=1S/C25H30N2O5/c1-17-9-7-10-18(2)20(17)15-21(24(29)31-3)26-23(28)22-13-8-14-27(22)25(30)32-16-19-11-5-4-6-12-19/h4-7,9-12,21-22H,8,13-16H2,1-3H3,(H,26,28)/t21-,22-/m1/s1. The number of ether oxygens (including phenoxy) is 2. The molecule has 0 spiro atoms. The molecular formula is C25H30N2O5. The maximum Gasteiger partial charge on any atom is 0.410 e. The Morgan fingerprint density at radius 2 is 1.75 bits per heavy atom. The molecule has 1 aliphatic heterocycles. The maximum absolute atomic E-state index is 13.1. The van der Waals surface area contributed by atoms with Crippen LogP contribution in [-0.2, 0) is 32.1 Å².